The van der Waals surface area contributed by atoms with E-state index in [2.05, 4.69) is 4.98 Å². The molecule has 0 spiro atoms. The van der Waals surface area contributed by atoms with Crippen LogP contribution >= 0.6 is 11.3 Å². The van der Waals surface area contributed by atoms with Crippen molar-refractivity contribution in [3.05, 3.63) is 29.3 Å². The van der Waals surface area contributed by atoms with E-state index in [1.54, 1.807) is 4.90 Å². The number of carbonyl (C=O) groups is 1. The number of amides is 1. The third kappa shape index (κ3) is 3.54. The van der Waals surface area contributed by atoms with Crippen molar-refractivity contribution in [2.45, 2.75) is 44.9 Å². The molecule has 1 aromatic heterocycles. The van der Waals surface area contributed by atoms with Gasteiger partial charge in [-0.1, -0.05) is 26.0 Å². The highest BCUT2D eigenvalue weighted by molar-refractivity contribution is 7.18. The van der Waals surface area contributed by atoms with Crippen LogP contribution in [0.15, 0.2) is 24.3 Å². The van der Waals surface area contributed by atoms with Crippen LogP contribution in [0.5, 0.6) is 0 Å². The van der Waals surface area contributed by atoms with Gasteiger partial charge in [-0.3, -0.25) is 4.79 Å². The van der Waals surface area contributed by atoms with E-state index < -0.39 is 18.1 Å². The smallest absolute Gasteiger partial charge is 0.254 e. The van der Waals surface area contributed by atoms with Gasteiger partial charge in [0.2, 0.25) is 0 Å². The molecule has 2 N–H and O–H groups in total. The lowest BCUT2D eigenvalue weighted by molar-refractivity contribution is -0.147. The Morgan fingerprint density at radius 2 is 2.04 bits per heavy atom. The van der Waals surface area contributed by atoms with Gasteiger partial charge in [-0.15, -0.1) is 11.3 Å². The number of hydrogen-bond acceptors (Lipinski definition) is 5. The van der Waals surface area contributed by atoms with Crippen molar-refractivity contribution in [1.29, 1.82) is 0 Å². The summed E-state index contributed by atoms with van der Waals surface area (Å²) in [6.45, 7) is 4.69. The Labute approximate surface area is 139 Å². The molecule has 3 rings (SSSR count). The quantitative estimate of drug-likeness (QED) is 0.850. The monoisotopic (exact) mass is 334 g/mol. The van der Waals surface area contributed by atoms with Crippen LogP contribution in [0.4, 0.5) is 0 Å². The number of thiazole rings is 1. The largest absolute Gasteiger partial charge is 0.383 e. The Bertz CT molecular complexity index is 663. The molecule has 1 fully saturated rings. The van der Waals surface area contributed by atoms with Gasteiger partial charge < -0.3 is 15.1 Å². The van der Waals surface area contributed by atoms with Gasteiger partial charge >= 0.3 is 0 Å². The standard InChI is InChI=1S/C17H22N2O3S/c1-10(2)9-19(11-7-8-11)17(22)15(21)14(20)16-18-12-5-3-4-6-13(12)23-16/h3-6,10-11,14-15,20-21H,7-9H2,1-2H3. The summed E-state index contributed by atoms with van der Waals surface area (Å²) >= 11 is 1.31. The molecular weight excluding hydrogens is 312 g/mol. The number of nitrogens with zero attached hydrogens (tertiary/aromatic N) is 2. The van der Waals surface area contributed by atoms with Crippen molar-refractivity contribution in [2.24, 2.45) is 5.92 Å². The van der Waals surface area contributed by atoms with Crippen molar-refractivity contribution in [3.8, 4) is 0 Å². The summed E-state index contributed by atoms with van der Waals surface area (Å²) in [4.78, 5) is 18.6. The zero-order valence-electron chi connectivity index (χ0n) is 13.3. The van der Waals surface area contributed by atoms with Gasteiger partial charge in [0.25, 0.3) is 5.91 Å². The average molecular weight is 334 g/mol. The second-order valence-corrected chi connectivity index (χ2v) is 7.59. The third-order valence-electron chi connectivity index (χ3n) is 3.95. The molecule has 0 aliphatic heterocycles. The zero-order valence-corrected chi connectivity index (χ0v) is 14.2. The molecule has 5 nitrogen and oxygen atoms in total. The summed E-state index contributed by atoms with van der Waals surface area (Å²) in [5.74, 6) is -0.0701. The lowest BCUT2D eigenvalue weighted by Crippen LogP contribution is -2.44. The third-order valence-corrected chi connectivity index (χ3v) is 5.06. The normalized spacial score (nSPS) is 17.4. The second kappa shape index (κ2) is 6.55. The molecule has 1 saturated carbocycles. The Hall–Kier alpha value is -1.50. The van der Waals surface area contributed by atoms with E-state index in [1.807, 2.05) is 38.1 Å². The summed E-state index contributed by atoms with van der Waals surface area (Å²) in [5, 5.41) is 21.1. The maximum absolute atomic E-state index is 12.6. The number of carbonyl (C=O) groups excluding carboxylic acids is 1. The summed E-state index contributed by atoms with van der Waals surface area (Å²) in [5.41, 5.74) is 0.771. The SMILES string of the molecule is CC(C)CN(C(=O)C(O)C(O)c1nc2ccccc2s1)C1CC1. The molecule has 6 heteroatoms. The van der Waals surface area contributed by atoms with E-state index in [1.165, 1.54) is 11.3 Å². The minimum absolute atomic E-state index is 0.210. The van der Waals surface area contributed by atoms with Gasteiger partial charge in [0.15, 0.2) is 6.10 Å². The lowest BCUT2D eigenvalue weighted by Gasteiger charge is -2.28. The topological polar surface area (TPSA) is 73.7 Å². The van der Waals surface area contributed by atoms with Crippen LogP contribution in [-0.2, 0) is 4.79 Å². The van der Waals surface area contributed by atoms with Crippen LogP contribution < -0.4 is 0 Å². The van der Waals surface area contributed by atoms with E-state index in [-0.39, 0.29) is 6.04 Å². The van der Waals surface area contributed by atoms with Crippen molar-refractivity contribution in [1.82, 2.24) is 9.88 Å². The molecule has 1 aliphatic rings. The minimum atomic E-state index is -1.46. The first-order valence-electron chi connectivity index (χ1n) is 7.99. The molecule has 124 valence electrons. The first kappa shape index (κ1) is 16.4. The van der Waals surface area contributed by atoms with Gasteiger partial charge in [-0.05, 0) is 30.9 Å². The summed E-state index contributed by atoms with van der Waals surface area (Å²) in [7, 11) is 0. The molecule has 0 saturated heterocycles. The Kier molecular flexibility index (Phi) is 4.66. The molecule has 1 amide bonds. The number of para-hydroxylation sites is 1. The maximum atomic E-state index is 12.6. The molecule has 1 aliphatic carbocycles. The second-order valence-electron chi connectivity index (χ2n) is 6.53. The van der Waals surface area contributed by atoms with Gasteiger partial charge in [-0.2, -0.15) is 0 Å². The van der Waals surface area contributed by atoms with Crippen LogP contribution in [0, 0.1) is 5.92 Å². The van der Waals surface area contributed by atoms with Crippen LogP contribution in [-0.4, -0.2) is 44.7 Å². The highest BCUT2D eigenvalue weighted by Gasteiger charge is 2.38. The van der Waals surface area contributed by atoms with Crippen molar-refractivity contribution in [2.75, 3.05) is 6.54 Å². The Balaban J connectivity index is 1.77. The first-order chi connectivity index (χ1) is 11.0. The average Bonchev–Trinajstić information content (AvgIpc) is 3.28. The Morgan fingerprint density at radius 1 is 1.35 bits per heavy atom. The van der Waals surface area contributed by atoms with Gasteiger partial charge in [0.05, 0.1) is 10.2 Å². The van der Waals surface area contributed by atoms with E-state index in [0.717, 1.165) is 23.1 Å². The molecule has 2 aromatic rings. The van der Waals surface area contributed by atoms with Crippen molar-refractivity contribution in [3.63, 3.8) is 0 Å². The van der Waals surface area contributed by atoms with Gasteiger partial charge in [0.1, 0.15) is 11.1 Å². The number of aromatic nitrogens is 1. The Morgan fingerprint density at radius 3 is 2.65 bits per heavy atom. The van der Waals surface area contributed by atoms with E-state index in [9.17, 15) is 15.0 Å². The molecular formula is C17H22N2O3S. The molecule has 2 atom stereocenters. The highest BCUT2D eigenvalue weighted by Crippen LogP contribution is 2.32. The number of aliphatic hydroxyl groups excluding tert-OH is 2. The number of rotatable bonds is 6. The van der Waals surface area contributed by atoms with Crippen molar-refractivity contribution >= 4 is 27.5 Å². The zero-order chi connectivity index (χ0) is 16.6. The molecule has 1 aromatic carbocycles. The van der Waals surface area contributed by atoms with Crippen LogP contribution in [0.25, 0.3) is 10.2 Å². The minimum Gasteiger partial charge on any atom is -0.383 e. The summed E-state index contributed by atoms with van der Waals surface area (Å²) in [6, 6.07) is 7.74. The molecule has 1 heterocycles. The number of aliphatic hydroxyl groups is 2. The molecule has 0 bridgehead atoms. The summed E-state index contributed by atoms with van der Waals surface area (Å²) < 4.78 is 0.933. The number of fused-ring (bicyclic) bond motifs is 1. The van der Waals surface area contributed by atoms with E-state index in [4.69, 9.17) is 0 Å². The fourth-order valence-electron chi connectivity index (χ4n) is 2.66. The lowest BCUT2D eigenvalue weighted by atomic mass is 10.1. The van der Waals surface area contributed by atoms with Crippen LogP contribution in [0.3, 0.4) is 0 Å². The summed E-state index contributed by atoms with van der Waals surface area (Å²) in [6.07, 6.45) is -0.798. The van der Waals surface area contributed by atoms with E-state index >= 15 is 0 Å². The number of benzene rings is 1. The van der Waals surface area contributed by atoms with Crippen LogP contribution in [0.2, 0.25) is 0 Å². The predicted octanol–water partition coefficient (Wildman–Crippen LogP) is 2.34. The van der Waals surface area contributed by atoms with Gasteiger partial charge in [0, 0.05) is 12.6 Å². The maximum Gasteiger partial charge on any atom is 0.254 e. The number of hydrogen-bond donors (Lipinski definition) is 2. The van der Waals surface area contributed by atoms with Crippen LogP contribution in [0.1, 0.15) is 37.8 Å². The fourth-order valence-corrected chi connectivity index (χ4v) is 3.64. The first-order valence-corrected chi connectivity index (χ1v) is 8.81. The van der Waals surface area contributed by atoms with Gasteiger partial charge in [-0.25, -0.2) is 4.98 Å². The predicted molar refractivity (Wildman–Crippen MR) is 90.2 cm³/mol. The molecule has 2 unspecified atom stereocenters. The molecule has 0 radical (unpaired) electrons. The molecule has 23 heavy (non-hydrogen) atoms. The van der Waals surface area contributed by atoms with E-state index in [0.29, 0.717) is 17.5 Å². The highest BCUT2D eigenvalue weighted by atomic mass is 32.1. The van der Waals surface area contributed by atoms with Crippen molar-refractivity contribution < 1.29 is 15.0 Å². The fraction of sp³-hybridized carbons (Fsp3) is 0.529.